The largest absolute Gasteiger partial charge is 0.497 e. The standard InChI is InChI=1S/C33H32N4O6S2/c1-6-35(7-2)32(39)29-20(3)34-33-36(30(29)25-19-23(42-4)14-15-26(25)43-5)31(38)28(45-33)18-21-17-22(37(40)41)13-16-27(21)44-24-11-9-8-10-12-24/h8-19,30H,6-7H2,1-5H3/b28-18-/t30-/m0/s1. The van der Waals surface area contributed by atoms with Crippen molar-refractivity contribution in [1.82, 2.24) is 9.47 Å². The van der Waals surface area contributed by atoms with Crippen LogP contribution in [-0.2, 0) is 4.79 Å². The number of nitrogens with zero attached hydrogens (tertiary/aromatic N) is 4. The van der Waals surface area contributed by atoms with E-state index in [1.54, 1.807) is 49.3 Å². The van der Waals surface area contributed by atoms with E-state index in [2.05, 4.69) is 0 Å². The molecule has 0 unspecified atom stereocenters. The Morgan fingerprint density at radius 1 is 1.09 bits per heavy atom. The molecule has 10 nitrogen and oxygen atoms in total. The van der Waals surface area contributed by atoms with Gasteiger partial charge in [0.2, 0.25) is 0 Å². The number of fused-ring (bicyclic) bond motifs is 1. The molecule has 1 aromatic heterocycles. The molecule has 0 bridgehead atoms. The van der Waals surface area contributed by atoms with Gasteiger partial charge in [-0.25, -0.2) is 4.99 Å². The van der Waals surface area contributed by atoms with E-state index in [0.717, 1.165) is 21.1 Å². The number of rotatable bonds is 10. The Bertz CT molecular complexity index is 1980. The number of methoxy groups -OCH3 is 2. The molecule has 0 spiro atoms. The normalized spacial score (nSPS) is 14.5. The van der Waals surface area contributed by atoms with E-state index in [1.165, 1.54) is 35.6 Å². The van der Waals surface area contributed by atoms with Crippen molar-refractivity contribution >= 4 is 40.8 Å². The van der Waals surface area contributed by atoms with Crippen molar-refractivity contribution in [3.63, 3.8) is 0 Å². The number of nitro groups is 1. The Kier molecular flexibility index (Phi) is 9.54. The summed E-state index contributed by atoms with van der Waals surface area (Å²) in [7, 11) is 3.08. The number of hydrogen-bond acceptors (Lipinski definition) is 9. The van der Waals surface area contributed by atoms with Gasteiger partial charge in [-0.1, -0.05) is 41.3 Å². The minimum absolute atomic E-state index is 0.0895. The molecule has 0 N–H and O–H groups in total. The molecule has 1 aliphatic rings. The number of allylic oxidation sites excluding steroid dienone is 1. The first-order chi connectivity index (χ1) is 21.7. The second-order valence-corrected chi connectivity index (χ2v) is 12.2. The van der Waals surface area contributed by atoms with Crippen molar-refractivity contribution in [1.29, 1.82) is 0 Å². The van der Waals surface area contributed by atoms with Crippen LogP contribution < -0.4 is 24.4 Å². The molecule has 1 aliphatic heterocycles. The Hall–Kier alpha value is -4.68. The van der Waals surface area contributed by atoms with Crippen LogP contribution in [0.4, 0.5) is 5.69 Å². The Morgan fingerprint density at radius 3 is 2.47 bits per heavy atom. The second kappa shape index (κ2) is 13.5. The highest BCUT2D eigenvalue weighted by molar-refractivity contribution is 7.99. The summed E-state index contributed by atoms with van der Waals surface area (Å²) in [4.78, 5) is 48.1. The lowest BCUT2D eigenvalue weighted by molar-refractivity contribution is -0.384. The SMILES string of the molecule is CCN(CC)C(=O)C1=C(C)N=c2s/c(=C\c3cc([N+](=O)[O-])ccc3Sc3ccccc3)c(=O)n2[C@H]1c1cc(OC)ccc1OC. The van der Waals surface area contributed by atoms with E-state index < -0.39 is 11.0 Å². The van der Waals surface area contributed by atoms with Crippen LogP contribution in [0.5, 0.6) is 11.5 Å². The average molecular weight is 645 g/mol. The lowest BCUT2D eigenvalue weighted by Crippen LogP contribution is -2.43. The van der Waals surface area contributed by atoms with Crippen LogP contribution in [0, 0.1) is 10.1 Å². The maximum atomic E-state index is 14.3. The molecule has 12 heteroatoms. The molecule has 5 rings (SSSR count). The summed E-state index contributed by atoms with van der Waals surface area (Å²) >= 11 is 2.61. The molecule has 1 atom stereocenters. The number of carbonyl (C=O) groups is 1. The van der Waals surface area contributed by atoms with Gasteiger partial charge in [-0.05, 0) is 68.8 Å². The van der Waals surface area contributed by atoms with Crippen molar-refractivity contribution < 1.29 is 19.2 Å². The third-order valence-corrected chi connectivity index (χ3v) is 9.58. The second-order valence-electron chi connectivity index (χ2n) is 10.1. The first-order valence-corrected chi connectivity index (χ1v) is 15.9. The third-order valence-electron chi connectivity index (χ3n) is 7.50. The molecule has 0 saturated heterocycles. The van der Waals surface area contributed by atoms with Crippen molar-refractivity contribution in [3.8, 4) is 11.5 Å². The first kappa shape index (κ1) is 31.7. The van der Waals surface area contributed by atoms with E-state index in [1.807, 2.05) is 44.2 Å². The van der Waals surface area contributed by atoms with Gasteiger partial charge in [0.15, 0.2) is 4.80 Å². The zero-order valence-electron chi connectivity index (χ0n) is 25.5. The Morgan fingerprint density at radius 2 is 1.82 bits per heavy atom. The van der Waals surface area contributed by atoms with E-state index in [-0.39, 0.29) is 17.2 Å². The van der Waals surface area contributed by atoms with E-state index in [0.29, 0.717) is 56.3 Å². The van der Waals surface area contributed by atoms with Gasteiger partial charge in [0, 0.05) is 40.6 Å². The summed E-state index contributed by atoms with van der Waals surface area (Å²) in [6.07, 6.45) is 1.66. The molecule has 1 amide bonds. The third kappa shape index (κ3) is 6.29. The molecular weight excluding hydrogens is 613 g/mol. The van der Waals surface area contributed by atoms with E-state index >= 15 is 0 Å². The number of thiazole rings is 1. The zero-order chi connectivity index (χ0) is 32.2. The van der Waals surface area contributed by atoms with Crippen molar-refractivity contribution in [2.45, 2.75) is 36.6 Å². The van der Waals surface area contributed by atoms with Gasteiger partial charge < -0.3 is 14.4 Å². The fourth-order valence-corrected chi connectivity index (χ4v) is 7.19. The van der Waals surface area contributed by atoms with Gasteiger partial charge in [-0.15, -0.1) is 0 Å². The molecule has 232 valence electrons. The number of amides is 1. The summed E-state index contributed by atoms with van der Waals surface area (Å²) < 4.78 is 13.1. The van der Waals surface area contributed by atoms with E-state index in [4.69, 9.17) is 14.5 Å². The molecule has 2 heterocycles. The number of aromatic nitrogens is 1. The summed E-state index contributed by atoms with van der Waals surface area (Å²) in [5.41, 5.74) is 1.48. The number of non-ortho nitro benzene ring substituents is 1. The molecule has 0 fully saturated rings. The van der Waals surface area contributed by atoms with Crippen LogP contribution >= 0.6 is 23.1 Å². The highest BCUT2D eigenvalue weighted by Crippen LogP contribution is 2.38. The summed E-state index contributed by atoms with van der Waals surface area (Å²) in [6.45, 7) is 6.53. The molecule has 4 aromatic rings. The Labute approximate surface area is 268 Å². The van der Waals surface area contributed by atoms with Crippen molar-refractivity contribution in [2.24, 2.45) is 4.99 Å². The van der Waals surface area contributed by atoms with Gasteiger partial charge in [0.25, 0.3) is 17.2 Å². The molecule has 0 saturated carbocycles. The van der Waals surface area contributed by atoms with Crippen LogP contribution in [0.25, 0.3) is 6.08 Å². The minimum Gasteiger partial charge on any atom is -0.497 e. The number of ether oxygens (including phenoxy) is 2. The Balaban J connectivity index is 1.76. The van der Waals surface area contributed by atoms with Crippen molar-refractivity contribution in [2.75, 3.05) is 27.3 Å². The van der Waals surface area contributed by atoms with Gasteiger partial charge in [0.1, 0.15) is 17.5 Å². The monoisotopic (exact) mass is 644 g/mol. The van der Waals surface area contributed by atoms with Crippen LogP contribution in [0.15, 0.2) is 97.6 Å². The van der Waals surface area contributed by atoms with Gasteiger partial charge in [-0.2, -0.15) is 0 Å². The highest BCUT2D eigenvalue weighted by Gasteiger charge is 2.36. The lowest BCUT2D eigenvalue weighted by atomic mass is 9.93. The fourth-order valence-electron chi connectivity index (χ4n) is 5.24. The maximum absolute atomic E-state index is 14.3. The number of likely N-dealkylation sites (N-methyl/N-ethyl adjacent to an activating group) is 1. The van der Waals surface area contributed by atoms with Crippen LogP contribution in [0.3, 0.4) is 0 Å². The number of hydrogen-bond donors (Lipinski definition) is 0. The van der Waals surface area contributed by atoms with Crippen LogP contribution in [-0.4, -0.2) is 47.6 Å². The summed E-state index contributed by atoms with van der Waals surface area (Å²) in [5, 5.41) is 11.7. The van der Waals surface area contributed by atoms with Crippen molar-refractivity contribution in [3.05, 3.63) is 119 Å². The molecule has 0 aliphatic carbocycles. The quantitative estimate of drug-likeness (QED) is 0.173. The fraction of sp³-hybridized carbons (Fsp3) is 0.242. The van der Waals surface area contributed by atoms with Crippen LogP contribution in [0.1, 0.15) is 37.9 Å². The first-order valence-electron chi connectivity index (χ1n) is 14.3. The summed E-state index contributed by atoms with van der Waals surface area (Å²) in [5.74, 6) is 0.789. The predicted molar refractivity (Wildman–Crippen MR) is 175 cm³/mol. The molecule has 3 aromatic carbocycles. The van der Waals surface area contributed by atoms with Gasteiger partial charge >= 0.3 is 0 Å². The highest BCUT2D eigenvalue weighted by atomic mass is 32.2. The van der Waals surface area contributed by atoms with Crippen LogP contribution in [0.2, 0.25) is 0 Å². The number of nitro benzene ring substituents is 1. The van der Waals surface area contributed by atoms with E-state index in [9.17, 15) is 19.7 Å². The predicted octanol–water partition coefficient (Wildman–Crippen LogP) is 5.18. The summed E-state index contributed by atoms with van der Waals surface area (Å²) in [6, 6.07) is 18.7. The number of benzene rings is 3. The molecular formula is C33H32N4O6S2. The minimum atomic E-state index is -0.857. The van der Waals surface area contributed by atoms with Gasteiger partial charge in [0.05, 0.1) is 34.9 Å². The maximum Gasteiger partial charge on any atom is 0.271 e. The topological polar surface area (TPSA) is 116 Å². The zero-order valence-corrected chi connectivity index (χ0v) is 27.1. The molecule has 0 radical (unpaired) electrons. The smallest absolute Gasteiger partial charge is 0.271 e. The van der Waals surface area contributed by atoms with Gasteiger partial charge in [-0.3, -0.25) is 24.3 Å². The lowest BCUT2D eigenvalue weighted by Gasteiger charge is -2.30. The molecule has 45 heavy (non-hydrogen) atoms. The number of carbonyl (C=O) groups excluding carboxylic acids is 1. The average Bonchev–Trinajstić information content (AvgIpc) is 3.35.